The maximum atomic E-state index is 5.92. The van der Waals surface area contributed by atoms with Gasteiger partial charge < -0.3 is 10.6 Å². The Morgan fingerprint density at radius 3 is 2.71 bits per heavy atom. The van der Waals surface area contributed by atoms with Gasteiger partial charge in [0.05, 0.1) is 0 Å². The Kier molecular flexibility index (Phi) is 4.23. The minimum Gasteiger partial charge on any atom is -0.370 e. The topological polar surface area (TPSA) is 41.6 Å². The first-order chi connectivity index (χ1) is 6.65. The van der Waals surface area contributed by atoms with Crippen LogP contribution in [-0.4, -0.2) is 30.5 Å². The summed E-state index contributed by atoms with van der Waals surface area (Å²) in [6.07, 6.45) is 2.31. The van der Waals surface area contributed by atoms with Gasteiger partial charge in [-0.25, -0.2) is 0 Å². The molecule has 0 amide bonds. The van der Waals surface area contributed by atoms with Gasteiger partial charge in [-0.3, -0.25) is 4.99 Å². The van der Waals surface area contributed by atoms with Gasteiger partial charge in [-0.05, 0) is 24.7 Å². The summed E-state index contributed by atoms with van der Waals surface area (Å²) in [6.45, 7) is 9.74. The lowest BCUT2D eigenvalue weighted by molar-refractivity contribution is 0.202. The fourth-order valence-corrected chi connectivity index (χ4v) is 1.80. The minimum absolute atomic E-state index is 0.735. The van der Waals surface area contributed by atoms with Crippen LogP contribution in [0.5, 0.6) is 0 Å². The lowest BCUT2D eigenvalue weighted by Crippen LogP contribution is -2.45. The zero-order valence-electron chi connectivity index (χ0n) is 9.66. The van der Waals surface area contributed by atoms with Crippen LogP contribution in [0.15, 0.2) is 4.99 Å². The first-order valence-electron chi connectivity index (χ1n) is 5.70. The second-order valence-corrected chi connectivity index (χ2v) is 4.43. The minimum atomic E-state index is 0.735. The van der Waals surface area contributed by atoms with Crippen LogP contribution in [0.1, 0.15) is 33.6 Å². The number of nitrogens with zero attached hydrogens (tertiary/aromatic N) is 2. The van der Waals surface area contributed by atoms with Gasteiger partial charge in [0, 0.05) is 19.6 Å². The van der Waals surface area contributed by atoms with Gasteiger partial charge in [0.15, 0.2) is 5.96 Å². The van der Waals surface area contributed by atoms with E-state index in [0.29, 0.717) is 0 Å². The van der Waals surface area contributed by atoms with Crippen LogP contribution in [0, 0.1) is 11.8 Å². The third-order valence-corrected chi connectivity index (χ3v) is 3.16. The van der Waals surface area contributed by atoms with Crippen molar-refractivity contribution in [2.75, 3.05) is 19.6 Å². The second kappa shape index (κ2) is 5.23. The van der Waals surface area contributed by atoms with Gasteiger partial charge >= 0.3 is 0 Å². The van der Waals surface area contributed by atoms with Gasteiger partial charge in [0.25, 0.3) is 0 Å². The Bertz CT molecular complexity index is 201. The van der Waals surface area contributed by atoms with E-state index in [1.165, 1.54) is 6.42 Å². The Labute approximate surface area is 87.4 Å². The molecule has 0 aliphatic carbocycles. The molecule has 2 N–H and O–H groups in total. The number of guanidine groups is 1. The number of hydrogen-bond donors (Lipinski definition) is 1. The zero-order chi connectivity index (χ0) is 10.6. The molecule has 2 atom stereocenters. The third kappa shape index (κ3) is 2.89. The molecular formula is C11H23N3. The molecular weight excluding hydrogens is 174 g/mol. The Balaban J connectivity index is 2.45. The molecule has 0 bridgehead atoms. The van der Waals surface area contributed by atoms with E-state index in [4.69, 9.17) is 5.73 Å². The van der Waals surface area contributed by atoms with Crippen molar-refractivity contribution >= 4 is 5.96 Å². The van der Waals surface area contributed by atoms with E-state index < -0.39 is 0 Å². The highest BCUT2D eigenvalue weighted by molar-refractivity contribution is 5.78. The number of aliphatic imine (C=N–C) groups is 1. The van der Waals surface area contributed by atoms with E-state index in [9.17, 15) is 0 Å². The second-order valence-electron chi connectivity index (χ2n) is 4.43. The maximum Gasteiger partial charge on any atom is 0.191 e. The van der Waals surface area contributed by atoms with Gasteiger partial charge in [0.1, 0.15) is 0 Å². The molecule has 0 aromatic rings. The van der Waals surface area contributed by atoms with Crippen molar-refractivity contribution < 1.29 is 0 Å². The van der Waals surface area contributed by atoms with Crippen LogP contribution in [0.25, 0.3) is 0 Å². The number of likely N-dealkylation sites (tertiary alicyclic amines) is 1. The largest absolute Gasteiger partial charge is 0.370 e. The molecule has 3 heteroatoms. The van der Waals surface area contributed by atoms with Gasteiger partial charge in [-0.1, -0.05) is 20.8 Å². The van der Waals surface area contributed by atoms with Crippen LogP contribution < -0.4 is 5.73 Å². The Hall–Kier alpha value is -0.730. The first-order valence-corrected chi connectivity index (χ1v) is 5.70. The van der Waals surface area contributed by atoms with Crippen LogP contribution in [0.4, 0.5) is 0 Å². The summed E-state index contributed by atoms with van der Waals surface area (Å²) < 4.78 is 0. The Morgan fingerprint density at radius 1 is 1.43 bits per heavy atom. The predicted molar refractivity (Wildman–Crippen MR) is 61.3 cm³/mol. The molecule has 1 heterocycles. The van der Waals surface area contributed by atoms with E-state index in [1.807, 2.05) is 0 Å². The highest BCUT2D eigenvalue weighted by atomic mass is 15.3. The van der Waals surface area contributed by atoms with E-state index in [0.717, 1.165) is 43.9 Å². The third-order valence-electron chi connectivity index (χ3n) is 3.16. The van der Waals surface area contributed by atoms with Crippen molar-refractivity contribution in [3.8, 4) is 0 Å². The molecule has 3 nitrogen and oxygen atoms in total. The average molecular weight is 197 g/mol. The lowest BCUT2D eigenvalue weighted by atomic mass is 9.89. The summed E-state index contributed by atoms with van der Waals surface area (Å²) in [5.41, 5.74) is 5.92. The van der Waals surface area contributed by atoms with E-state index in [2.05, 4.69) is 30.7 Å². The number of rotatable bonds is 2. The van der Waals surface area contributed by atoms with Crippen molar-refractivity contribution in [2.24, 2.45) is 22.6 Å². The molecule has 0 radical (unpaired) electrons. The molecule has 1 aliphatic heterocycles. The SMILES string of the molecule is CCCN=C(N)N1CCC(C)C(C)C1. The highest BCUT2D eigenvalue weighted by Gasteiger charge is 2.23. The lowest BCUT2D eigenvalue weighted by Gasteiger charge is -2.35. The highest BCUT2D eigenvalue weighted by Crippen LogP contribution is 2.21. The number of nitrogens with two attached hydrogens (primary N) is 1. The predicted octanol–water partition coefficient (Wildman–Crippen LogP) is 1.69. The van der Waals surface area contributed by atoms with Crippen LogP contribution in [0.3, 0.4) is 0 Å². The molecule has 1 saturated heterocycles. The van der Waals surface area contributed by atoms with Crippen LogP contribution in [0.2, 0.25) is 0 Å². The van der Waals surface area contributed by atoms with E-state index >= 15 is 0 Å². The number of piperidine rings is 1. The summed E-state index contributed by atoms with van der Waals surface area (Å²) in [5, 5.41) is 0. The van der Waals surface area contributed by atoms with E-state index in [1.54, 1.807) is 0 Å². The monoisotopic (exact) mass is 197 g/mol. The summed E-state index contributed by atoms with van der Waals surface area (Å²) in [5.74, 6) is 2.30. The molecule has 1 fully saturated rings. The van der Waals surface area contributed by atoms with Crippen LogP contribution >= 0.6 is 0 Å². The average Bonchev–Trinajstić information content (AvgIpc) is 2.18. The molecule has 0 saturated carbocycles. The van der Waals surface area contributed by atoms with Gasteiger partial charge in [-0.2, -0.15) is 0 Å². The molecule has 0 aromatic heterocycles. The summed E-state index contributed by atoms with van der Waals surface area (Å²) >= 11 is 0. The number of hydrogen-bond acceptors (Lipinski definition) is 1. The van der Waals surface area contributed by atoms with Crippen molar-refractivity contribution in [1.82, 2.24) is 4.90 Å². The smallest absolute Gasteiger partial charge is 0.191 e. The molecule has 0 spiro atoms. The van der Waals surface area contributed by atoms with Crippen molar-refractivity contribution in [2.45, 2.75) is 33.6 Å². The quantitative estimate of drug-likeness (QED) is 0.540. The van der Waals surface area contributed by atoms with Crippen LogP contribution in [-0.2, 0) is 0 Å². The zero-order valence-corrected chi connectivity index (χ0v) is 9.66. The van der Waals surface area contributed by atoms with Crippen molar-refractivity contribution in [3.63, 3.8) is 0 Å². The summed E-state index contributed by atoms with van der Waals surface area (Å²) in [4.78, 5) is 6.57. The fraction of sp³-hybridized carbons (Fsp3) is 0.909. The molecule has 14 heavy (non-hydrogen) atoms. The molecule has 1 aliphatic rings. The van der Waals surface area contributed by atoms with Gasteiger partial charge in [0.2, 0.25) is 0 Å². The van der Waals surface area contributed by atoms with Crippen molar-refractivity contribution in [1.29, 1.82) is 0 Å². The first kappa shape index (κ1) is 11.3. The maximum absolute atomic E-state index is 5.92. The molecule has 0 aromatic carbocycles. The summed E-state index contributed by atoms with van der Waals surface area (Å²) in [6, 6.07) is 0. The molecule has 2 unspecified atom stereocenters. The van der Waals surface area contributed by atoms with Crippen molar-refractivity contribution in [3.05, 3.63) is 0 Å². The standard InChI is InChI=1S/C11H23N3/c1-4-6-13-11(12)14-7-5-9(2)10(3)8-14/h9-10H,4-8H2,1-3H3,(H2,12,13). The van der Waals surface area contributed by atoms with Gasteiger partial charge in [-0.15, -0.1) is 0 Å². The fourth-order valence-electron chi connectivity index (χ4n) is 1.80. The summed E-state index contributed by atoms with van der Waals surface area (Å²) in [7, 11) is 0. The molecule has 82 valence electrons. The Morgan fingerprint density at radius 2 is 2.14 bits per heavy atom. The van der Waals surface area contributed by atoms with E-state index in [-0.39, 0.29) is 0 Å². The normalized spacial score (nSPS) is 29.4. The molecule has 1 rings (SSSR count).